The molecule has 4 amide bonds. The maximum atomic E-state index is 14.1. The Morgan fingerprint density at radius 2 is 1.78 bits per heavy atom. The molecule has 3 fully saturated rings. The lowest BCUT2D eigenvalue weighted by molar-refractivity contribution is -0.147. The lowest BCUT2D eigenvalue weighted by Crippen LogP contribution is -2.55. The van der Waals surface area contributed by atoms with Crippen molar-refractivity contribution in [1.82, 2.24) is 15.1 Å². The van der Waals surface area contributed by atoms with Crippen molar-refractivity contribution in [3.05, 3.63) is 35.9 Å². The minimum absolute atomic E-state index is 0.0165. The predicted molar refractivity (Wildman–Crippen MR) is 155 cm³/mol. The molecule has 0 radical (unpaired) electrons. The van der Waals surface area contributed by atoms with Crippen LogP contribution in [0.4, 0.5) is 4.79 Å². The molecule has 0 spiro atoms. The molecule has 2 atom stereocenters. The highest BCUT2D eigenvalue weighted by atomic mass is 16.5. The van der Waals surface area contributed by atoms with E-state index in [0.29, 0.717) is 51.7 Å². The zero-order valence-electron chi connectivity index (χ0n) is 24.1. The number of guanidine groups is 1. The minimum atomic E-state index is -0.842. The van der Waals surface area contributed by atoms with Crippen LogP contribution < -0.4 is 16.8 Å². The molecule has 0 aromatic heterocycles. The van der Waals surface area contributed by atoms with E-state index in [0.717, 1.165) is 31.2 Å². The standard InChI is InChI=1S/C30H44N6O5/c1-21(37)41-20-30(23-11-6-3-7-12-23)14-17-35(18-15-30)27(39)25(19-22-9-4-2-5-10-22)36-26(38)24(34-29(36)40)13-8-16-33-28(31)32/h3,6-7,11-12,22,24-25H,2,4-5,8-10,13-20H2,1H3,(H,34,40)(H4,31,32,33)/t24-,25-/m1/s1. The van der Waals surface area contributed by atoms with Gasteiger partial charge in [-0.15, -0.1) is 0 Å². The number of carbonyl (C=O) groups is 4. The molecule has 224 valence electrons. The molecule has 2 saturated heterocycles. The molecule has 1 aromatic rings. The number of nitrogens with two attached hydrogens (primary N) is 2. The van der Waals surface area contributed by atoms with Crippen LogP contribution in [0.5, 0.6) is 0 Å². The Labute approximate surface area is 242 Å². The Morgan fingerprint density at radius 3 is 2.41 bits per heavy atom. The molecular weight excluding hydrogens is 524 g/mol. The number of hydrogen-bond acceptors (Lipinski definition) is 6. The Balaban J connectivity index is 1.49. The second-order valence-corrected chi connectivity index (χ2v) is 11.7. The molecule has 11 heteroatoms. The molecule has 11 nitrogen and oxygen atoms in total. The van der Waals surface area contributed by atoms with Crippen molar-refractivity contribution in [2.45, 2.75) is 88.6 Å². The van der Waals surface area contributed by atoms with E-state index < -0.39 is 23.5 Å². The van der Waals surface area contributed by atoms with Gasteiger partial charge in [0.05, 0.1) is 0 Å². The van der Waals surface area contributed by atoms with Gasteiger partial charge in [0.15, 0.2) is 5.96 Å². The van der Waals surface area contributed by atoms with Crippen molar-refractivity contribution in [3.63, 3.8) is 0 Å². The van der Waals surface area contributed by atoms with Crippen molar-refractivity contribution in [3.8, 4) is 0 Å². The summed E-state index contributed by atoms with van der Waals surface area (Å²) in [6.07, 6.45) is 7.97. The van der Waals surface area contributed by atoms with Crippen LogP contribution in [-0.2, 0) is 24.5 Å². The molecular formula is C30H44N6O5. The SMILES string of the molecule is CC(=O)OCC1(c2ccccc2)CCN(C(=O)[C@@H](CC2CCCCC2)N2C(=O)N[C@H](CCCN=C(N)N)C2=O)CC1. The zero-order chi connectivity index (χ0) is 29.4. The van der Waals surface area contributed by atoms with Gasteiger partial charge in [-0.2, -0.15) is 0 Å². The summed E-state index contributed by atoms with van der Waals surface area (Å²) in [5, 5.41) is 2.79. The van der Waals surface area contributed by atoms with E-state index in [1.165, 1.54) is 18.2 Å². The van der Waals surface area contributed by atoms with E-state index in [-0.39, 0.29) is 36.3 Å². The van der Waals surface area contributed by atoms with Gasteiger partial charge in [0.1, 0.15) is 18.7 Å². The number of likely N-dealkylation sites (tertiary alicyclic amines) is 1. The molecule has 2 heterocycles. The minimum Gasteiger partial charge on any atom is -0.465 e. The smallest absolute Gasteiger partial charge is 0.325 e. The Bertz CT molecular complexity index is 1110. The number of urea groups is 1. The number of esters is 1. The number of nitrogens with zero attached hydrogens (tertiary/aromatic N) is 3. The highest BCUT2D eigenvalue weighted by Crippen LogP contribution is 2.37. The van der Waals surface area contributed by atoms with E-state index in [4.69, 9.17) is 16.2 Å². The van der Waals surface area contributed by atoms with Crippen LogP contribution in [0, 0.1) is 5.92 Å². The van der Waals surface area contributed by atoms with Crippen LogP contribution in [0.2, 0.25) is 0 Å². The Morgan fingerprint density at radius 1 is 1.10 bits per heavy atom. The van der Waals surface area contributed by atoms with Crippen molar-refractivity contribution in [1.29, 1.82) is 0 Å². The summed E-state index contributed by atoms with van der Waals surface area (Å²) >= 11 is 0. The summed E-state index contributed by atoms with van der Waals surface area (Å²) in [7, 11) is 0. The van der Waals surface area contributed by atoms with Crippen molar-refractivity contribution >= 4 is 29.8 Å². The summed E-state index contributed by atoms with van der Waals surface area (Å²) in [5.74, 6) is -0.611. The summed E-state index contributed by atoms with van der Waals surface area (Å²) < 4.78 is 5.49. The van der Waals surface area contributed by atoms with Crippen LogP contribution in [0.1, 0.15) is 76.7 Å². The number of aliphatic imine (C=N–C) groups is 1. The average Bonchev–Trinajstić information content (AvgIpc) is 3.26. The molecule has 4 rings (SSSR count). The van der Waals surface area contributed by atoms with Gasteiger partial charge < -0.3 is 26.4 Å². The number of hydrogen-bond donors (Lipinski definition) is 3. The van der Waals surface area contributed by atoms with Crippen LogP contribution in [0.25, 0.3) is 0 Å². The third kappa shape index (κ3) is 7.56. The average molecular weight is 569 g/mol. The van der Waals surface area contributed by atoms with Gasteiger partial charge in [-0.25, -0.2) is 9.69 Å². The summed E-state index contributed by atoms with van der Waals surface area (Å²) in [5.41, 5.74) is 11.5. The van der Waals surface area contributed by atoms with Crippen LogP contribution in [0.15, 0.2) is 35.3 Å². The van der Waals surface area contributed by atoms with E-state index in [9.17, 15) is 19.2 Å². The Kier molecular flexibility index (Phi) is 10.2. The third-order valence-electron chi connectivity index (χ3n) is 8.85. The normalized spacial score (nSPS) is 21.7. The first kappa shape index (κ1) is 30.3. The fourth-order valence-electron chi connectivity index (χ4n) is 6.51. The van der Waals surface area contributed by atoms with Crippen molar-refractivity contribution < 1.29 is 23.9 Å². The van der Waals surface area contributed by atoms with E-state index in [1.54, 1.807) is 4.90 Å². The van der Waals surface area contributed by atoms with Crippen molar-refractivity contribution in [2.24, 2.45) is 22.4 Å². The maximum absolute atomic E-state index is 14.1. The fourth-order valence-corrected chi connectivity index (χ4v) is 6.51. The quantitative estimate of drug-likeness (QED) is 0.121. The second-order valence-electron chi connectivity index (χ2n) is 11.7. The number of amides is 4. The summed E-state index contributed by atoms with van der Waals surface area (Å²) in [6.45, 7) is 2.90. The summed E-state index contributed by atoms with van der Waals surface area (Å²) in [4.78, 5) is 59.4. The number of benzene rings is 1. The lowest BCUT2D eigenvalue weighted by Gasteiger charge is -2.43. The largest absolute Gasteiger partial charge is 0.465 e. The highest BCUT2D eigenvalue weighted by molar-refractivity contribution is 6.07. The van der Waals surface area contributed by atoms with Gasteiger partial charge in [-0.05, 0) is 43.6 Å². The first-order valence-electron chi connectivity index (χ1n) is 14.9. The predicted octanol–water partition coefficient (Wildman–Crippen LogP) is 2.42. The number of carbonyl (C=O) groups excluding carboxylic acids is 4. The zero-order valence-corrected chi connectivity index (χ0v) is 24.1. The molecule has 1 saturated carbocycles. The number of piperidine rings is 1. The molecule has 3 aliphatic rings. The lowest BCUT2D eigenvalue weighted by atomic mass is 9.73. The first-order valence-corrected chi connectivity index (χ1v) is 14.9. The number of imide groups is 1. The van der Waals surface area contributed by atoms with Gasteiger partial charge in [0, 0.05) is 32.0 Å². The molecule has 2 aliphatic heterocycles. The van der Waals surface area contributed by atoms with E-state index in [1.807, 2.05) is 30.3 Å². The van der Waals surface area contributed by atoms with Crippen LogP contribution in [0.3, 0.4) is 0 Å². The molecule has 0 unspecified atom stereocenters. The maximum Gasteiger partial charge on any atom is 0.325 e. The Hall–Kier alpha value is -3.63. The molecule has 0 bridgehead atoms. The van der Waals surface area contributed by atoms with Gasteiger partial charge in [0.25, 0.3) is 5.91 Å². The van der Waals surface area contributed by atoms with Crippen LogP contribution in [-0.4, -0.2) is 77.9 Å². The van der Waals surface area contributed by atoms with E-state index >= 15 is 0 Å². The topological polar surface area (TPSA) is 160 Å². The second kappa shape index (κ2) is 13.8. The highest BCUT2D eigenvalue weighted by Gasteiger charge is 2.47. The molecule has 41 heavy (non-hydrogen) atoms. The molecule has 1 aromatic carbocycles. The van der Waals surface area contributed by atoms with Gasteiger partial charge >= 0.3 is 12.0 Å². The fraction of sp³-hybridized carbons (Fsp3) is 0.633. The number of nitrogens with one attached hydrogen (secondary N) is 1. The van der Waals surface area contributed by atoms with Crippen LogP contribution >= 0.6 is 0 Å². The monoisotopic (exact) mass is 568 g/mol. The number of ether oxygens (including phenoxy) is 1. The van der Waals surface area contributed by atoms with E-state index in [2.05, 4.69) is 10.3 Å². The molecule has 5 N–H and O–H groups in total. The molecule has 1 aliphatic carbocycles. The third-order valence-corrected chi connectivity index (χ3v) is 8.85. The van der Waals surface area contributed by atoms with Crippen molar-refractivity contribution in [2.75, 3.05) is 26.2 Å². The summed E-state index contributed by atoms with van der Waals surface area (Å²) in [6, 6.07) is 7.90. The number of rotatable bonds is 11. The van der Waals surface area contributed by atoms with Gasteiger partial charge in [-0.3, -0.25) is 19.4 Å². The van der Waals surface area contributed by atoms with Gasteiger partial charge in [0.2, 0.25) is 5.91 Å². The van der Waals surface area contributed by atoms with Gasteiger partial charge in [-0.1, -0.05) is 62.4 Å². The first-order chi connectivity index (χ1) is 19.7.